The first-order chi connectivity index (χ1) is 11.1. The molecule has 0 unspecified atom stereocenters. The lowest BCUT2D eigenvalue weighted by atomic mass is 9.80. The second kappa shape index (κ2) is 8.19. The minimum absolute atomic E-state index is 0.116. The first-order valence-electron chi connectivity index (χ1n) is 7.70. The largest absolute Gasteiger partial charge is 0.494 e. The molecule has 0 spiro atoms. The Labute approximate surface area is 141 Å². The van der Waals surface area contributed by atoms with Gasteiger partial charge in [-0.1, -0.05) is 11.6 Å². The van der Waals surface area contributed by atoms with Crippen LogP contribution in [0.3, 0.4) is 0 Å². The van der Waals surface area contributed by atoms with Crippen LogP contribution in [0, 0.1) is 16.7 Å². The molecule has 1 aliphatic heterocycles. The predicted molar refractivity (Wildman–Crippen MR) is 87.3 cm³/mol. The molecule has 23 heavy (non-hydrogen) atoms. The fraction of sp³-hybridized carbons (Fsp3) is 0.529. The molecule has 1 aromatic rings. The quantitative estimate of drug-likeness (QED) is 0.749. The molecule has 0 N–H and O–H groups in total. The van der Waals surface area contributed by atoms with Crippen molar-refractivity contribution >= 4 is 17.5 Å². The third kappa shape index (κ3) is 4.60. The number of benzene rings is 1. The maximum Gasteiger partial charge on any atom is 0.242 e. The minimum Gasteiger partial charge on any atom is -0.494 e. The van der Waals surface area contributed by atoms with E-state index in [-0.39, 0.29) is 5.91 Å². The van der Waals surface area contributed by atoms with Gasteiger partial charge in [0, 0.05) is 31.8 Å². The molecule has 0 aromatic heterocycles. The van der Waals surface area contributed by atoms with Gasteiger partial charge in [0.2, 0.25) is 5.91 Å². The van der Waals surface area contributed by atoms with Crippen molar-refractivity contribution in [3.05, 3.63) is 29.3 Å². The Kier molecular flexibility index (Phi) is 6.26. The first-order valence-corrected chi connectivity index (χ1v) is 8.08. The molecule has 1 amide bonds. The highest BCUT2D eigenvalue weighted by molar-refractivity contribution is 6.30. The standard InChI is InChI=1S/C17H21ClN2O3/c1-20(16(21)17(13-19)7-11-22-12-8-17)9-2-10-23-15-5-3-14(18)4-6-15/h3-6H,2,7-12H2,1H3. The summed E-state index contributed by atoms with van der Waals surface area (Å²) in [6.07, 6.45) is 1.63. The van der Waals surface area contributed by atoms with Gasteiger partial charge in [0.25, 0.3) is 0 Å². The van der Waals surface area contributed by atoms with Crippen LogP contribution in [-0.4, -0.2) is 44.2 Å². The van der Waals surface area contributed by atoms with Crippen LogP contribution < -0.4 is 4.74 Å². The van der Waals surface area contributed by atoms with Crippen molar-refractivity contribution in [2.45, 2.75) is 19.3 Å². The number of hydrogen-bond acceptors (Lipinski definition) is 4. The molecule has 1 fully saturated rings. The third-order valence-corrected chi connectivity index (χ3v) is 4.29. The highest BCUT2D eigenvalue weighted by Gasteiger charge is 2.42. The van der Waals surface area contributed by atoms with Crippen LogP contribution in [0.2, 0.25) is 5.02 Å². The Morgan fingerprint density at radius 2 is 2.04 bits per heavy atom. The highest BCUT2D eigenvalue weighted by Crippen LogP contribution is 2.31. The Morgan fingerprint density at radius 3 is 2.65 bits per heavy atom. The molecular formula is C17H21ClN2O3. The molecule has 0 radical (unpaired) electrons. The Balaban J connectivity index is 1.77. The van der Waals surface area contributed by atoms with E-state index in [0.29, 0.717) is 50.7 Å². The van der Waals surface area contributed by atoms with E-state index in [1.807, 2.05) is 12.1 Å². The Bertz CT molecular complexity index is 562. The molecule has 5 nitrogen and oxygen atoms in total. The van der Waals surface area contributed by atoms with E-state index >= 15 is 0 Å². The van der Waals surface area contributed by atoms with Crippen LogP contribution in [0.5, 0.6) is 5.75 Å². The van der Waals surface area contributed by atoms with Crippen LogP contribution in [0.15, 0.2) is 24.3 Å². The normalized spacial score (nSPS) is 16.4. The van der Waals surface area contributed by atoms with E-state index in [9.17, 15) is 10.1 Å². The fourth-order valence-electron chi connectivity index (χ4n) is 2.58. The zero-order valence-electron chi connectivity index (χ0n) is 13.3. The van der Waals surface area contributed by atoms with E-state index in [2.05, 4.69) is 6.07 Å². The van der Waals surface area contributed by atoms with Crippen molar-refractivity contribution in [3.63, 3.8) is 0 Å². The average molecular weight is 337 g/mol. The van der Waals surface area contributed by atoms with Gasteiger partial charge < -0.3 is 14.4 Å². The minimum atomic E-state index is -0.927. The number of nitriles is 1. The zero-order valence-corrected chi connectivity index (χ0v) is 14.0. The smallest absolute Gasteiger partial charge is 0.242 e. The third-order valence-electron chi connectivity index (χ3n) is 4.04. The van der Waals surface area contributed by atoms with Gasteiger partial charge in [-0.15, -0.1) is 0 Å². The van der Waals surface area contributed by atoms with Crippen LogP contribution in [0.4, 0.5) is 0 Å². The van der Waals surface area contributed by atoms with Crippen molar-refractivity contribution < 1.29 is 14.3 Å². The number of ether oxygens (including phenoxy) is 2. The Hall–Kier alpha value is -1.77. The van der Waals surface area contributed by atoms with Gasteiger partial charge >= 0.3 is 0 Å². The zero-order chi connectivity index (χ0) is 16.7. The van der Waals surface area contributed by atoms with Crippen LogP contribution >= 0.6 is 11.6 Å². The van der Waals surface area contributed by atoms with Gasteiger partial charge in [-0.3, -0.25) is 4.79 Å². The van der Waals surface area contributed by atoms with E-state index in [4.69, 9.17) is 21.1 Å². The van der Waals surface area contributed by atoms with Crippen LogP contribution in [0.25, 0.3) is 0 Å². The fourth-order valence-corrected chi connectivity index (χ4v) is 2.71. The number of carbonyl (C=O) groups is 1. The Morgan fingerprint density at radius 1 is 1.39 bits per heavy atom. The molecule has 0 atom stereocenters. The average Bonchev–Trinajstić information content (AvgIpc) is 2.60. The van der Waals surface area contributed by atoms with E-state index in [0.717, 1.165) is 5.75 Å². The summed E-state index contributed by atoms with van der Waals surface area (Å²) in [4.78, 5) is 14.2. The lowest BCUT2D eigenvalue weighted by molar-refractivity contribution is -0.142. The lowest BCUT2D eigenvalue weighted by Crippen LogP contribution is -2.45. The summed E-state index contributed by atoms with van der Waals surface area (Å²) in [5, 5.41) is 10.1. The summed E-state index contributed by atoms with van der Waals surface area (Å²) >= 11 is 5.82. The molecule has 2 rings (SSSR count). The SMILES string of the molecule is CN(CCCOc1ccc(Cl)cc1)C(=O)C1(C#N)CCOCC1. The summed E-state index contributed by atoms with van der Waals surface area (Å²) in [6.45, 7) is 1.98. The lowest BCUT2D eigenvalue weighted by Gasteiger charge is -2.33. The van der Waals surface area contributed by atoms with Crippen LogP contribution in [0.1, 0.15) is 19.3 Å². The number of halogens is 1. The summed E-state index contributed by atoms with van der Waals surface area (Å²) in [6, 6.07) is 9.37. The van der Waals surface area contributed by atoms with E-state index in [1.165, 1.54) is 0 Å². The predicted octanol–water partition coefficient (Wildman–Crippen LogP) is 2.89. The highest BCUT2D eigenvalue weighted by atomic mass is 35.5. The van der Waals surface area contributed by atoms with Gasteiger partial charge in [-0.2, -0.15) is 5.26 Å². The van der Waals surface area contributed by atoms with Gasteiger partial charge in [0.15, 0.2) is 0 Å². The molecule has 0 saturated carbocycles. The summed E-state index contributed by atoms with van der Waals surface area (Å²) in [7, 11) is 1.74. The maximum absolute atomic E-state index is 12.5. The molecule has 0 aliphatic carbocycles. The van der Waals surface area contributed by atoms with Gasteiger partial charge in [-0.05, 0) is 43.5 Å². The van der Waals surface area contributed by atoms with Crippen LogP contribution in [-0.2, 0) is 9.53 Å². The second-order valence-corrected chi connectivity index (χ2v) is 6.13. The molecule has 1 aliphatic rings. The molecule has 124 valence electrons. The maximum atomic E-state index is 12.5. The van der Waals surface area contributed by atoms with Gasteiger partial charge in [-0.25, -0.2) is 0 Å². The van der Waals surface area contributed by atoms with Crippen molar-refractivity contribution in [3.8, 4) is 11.8 Å². The van der Waals surface area contributed by atoms with E-state index in [1.54, 1.807) is 24.1 Å². The van der Waals surface area contributed by atoms with Gasteiger partial charge in [0.1, 0.15) is 11.2 Å². The van der Waals surface area contributed by atoms with Crippen molar-refractivity contribution in [1.82, 2.24) is 4.90 Å². The summed E-state index contributed by atoms with van der Waals surface area (Å²) in [5.41, 5.74) is -0.927. The summed E-state index contributed by atoms with van der Waals surface area (Å²) < 4.78 is 10.9. The number of hydrogen-bond donors (Lipinski definition) is 0. The topological polar surface area (TPSA) is 62.6 Å². The molecule has 0 bridgehead atoms. The summed E-state index contributed by atoms with van der Waals surface area (Å²) in [5.74, 6) is 0.635. The number of carbonyl (C=O) groups excluding carboxylic acids is 1. The number of amides is 1. The first kappa shape index (κ1) is 17.6. The molecule has 1 heterocycles. The monoisotopic (exact) mass is 336 g/mol. The van der Waals surface area contributed by atoms with Crippen molar-refractivity contribution in [2.24, 2.45) is 5.41 Å². The van der Waals surface area contributed by atoms with E-state index < -0.39 is 5.41 Å². The second-order valence-electron chi connectivity index (χ2n) is 5.69. The van der Waals surface area contributed by atoms with Crippen molar-refractivity contribution in [1.29, 1.82) is 5.26 Å². The molecule has 1 aromatic carbocycles. The van der Waals surface area contributed by atoms with Crippen molar-refractivity contribution in [2.75, 3.05) is 33.4 Å². The molecule has 1 saturated heterocycles. The molecule has 6 heteroatoms. The molecular weight excluding hydrogens is 316 g/mol. The number of rotatable bonds is 6. The number of nitrogens with zero attached hydrogens (tertiary/aromatic N) is 2. The van der Waals surface area contributed by atoms with Gasteiger partial charge in [0.05, 0.1) is 12.7 Å².